The molecule has 0 aliphatic heterocycles. The Labute approximate surface area is 134 Å². The van der Waals surface area contributed by atoms with Crippen LogP contribution < -0.4 is 5.32 Å². The normalized spacial score (nSPS) is 12.2. The van der Waals surface area contributed by atoms with Crippen LogP contribution in [0, 0.1) is 5.82 Å². The molecule has 0 amide bonds. The van der Waals surface area contributed by atoms with Gasteiger partial charge in [0, 0.05) is 10.2 Å². The zero-order valence-corrected chi connectivity index (χ0v) is 13.3. The van der Waals surface area contributed by atoms with Crippen LogP contribution in [0.25, 0.3) is 0 Å². The van der Waals surface area contributed by atoms with E-state index in [-0.39, 0.29) is 11.6 Å². The van der Waals surface area contributed by atoms with Crippen molar-refractivity contribution in [2.75, 3.05) is 11.9 Å². The quantitative estimate of drug-likeness (QED) is 0.780. The second-order valence-corrected chi connectivity index (χ2v) is 5.85. The number of anilines is 1. The summed E-state index contributed by atoms with van der Waals surface area (Å²) in [5, 5.41) is 13.2. The molecule has 0 heterocycles. The Morgan fingerprint density at radius 1 is 1.15 bits per heavy atom. The first-order chi connectivity index (χ1) is 9.51. The maximum atomic E-state index is 13.5. The van der Waals surface area contributed by atoms with E-state index >= 15 is 0 Å². The van der Waals surface area contributed by atoms with Crippen molar-refractivity contribution in [1.29, 1.82) is 0 Å². The topological polar surface area (TPSA) is 32.3 Å². The van der Waals surface area contributed by atoms with E-state index in [2.05, 4.69) is 21.2 Å². The maximum Gasteiger partial charge on any atom is 0.142 e. The van der Waals surface area contributed by atoms with Gasteiger partial charge in [-0.15, -0.1) is 0 Å². The van der Waals surface area contributed by atoms with Gasteiger partial charge in [0.1, 0.15) is 5.82 Å². The predicted molar refractivity (Wildman–Crippen MR) is 84.0 cm³/mol. The van der Waals surface area contributed by atoms with E-state index in [1.165, 1.54) is 12.1 Å². The molecule has 0 saturated heterocycles. The molecule has 2 nitrogen and oxygen atoms in total. The summed E-state index contributed by atoms with van der Waals surface area (Å²) < 4.78 is 14.2. The lowest BCUT2D eigenvalue weighted by atomic mass is 10.1. The van der Waals surface area contributed by atoms with Crippen molar-refractivity contribution in [2.24, 2.45) is 0 Å². The van der Waals surface area contributed by atoms with Gasteiger partial charge < -0.3 is 10.4 Å². The highest BCUT2D eigenvalue weighted by Gasteiger charge is 2.13. The summed E-state index contributed by atoms with van der Waals surface area (Å²) in [6.45, 7) is -0.179. The minimum Gasteiger partial charge on any atom is -0.394 e. The third-order valence-electron chi connectivity index (χ3n) is 2.79. The first-order valence-corrected chi connectivity index (χ1v) is 7.33. The van der Waals surface area contributed by atoms with Gasteiger partial charge >= 0.3 is 0 Å². The van der Waals surface area contributed by atoms with Crippen LogP contribution in [-0.2, 0) is 0 Å². The van der Waals surface area contributed by atoms with Crippen molar-refractivity contribution in [2.45, 2.75) is 6.04 Å². The zero-order chi connectivity index (χ0) is 14.7. The smallest absolute Gasteiger partial charge is 0.142 e. The van der Waals surface area contributed by atoms with E-state index in [4.69, 9.17) is 23.2 Å². The molecule has 2 aromatic carbocycles. The largest absolute Gasteiger partial charge is 0.394 e. The van der Waals surface area contributed by atoms with Gasteiger partial charge in [0.15, 0.2) is 0 Å². The molecule has 0 radical (unpaired) electrons. The lowest BCUT2D eigenvalue weighted by Gasteiger charge is -2.18. The first kappa shape index (κ1) is 15.6. The van der Waals surface area contributed by atoms with Gasteiger partial charge in [-0.05, 0) is 51.8 Å². The average Bonchev–Trinajstić information content (AvgIpc) is 2.43. The Morgan fingerprint density at radius 2 is 1.85 bits per heavy atom. The average molecular weight is 379 g/mol. The maximum absolute atomic E-state index is 13.5. The summed E-state index contributed by atoms with van der Waals surface area (Å²) in [5.74, 6) is -0.512. The summed E-state index contributed by atoms with van der Waals surface area (Å²) in [6, 6.07) is 9.30. The monoisotopic (exact) mass is 377 g/mol. The molecular formula is C14H11BrCl2FNO. The molecule has 0 aromatic heterocycles. The highest BCUT2D eigenvalue weighted by Crippen LogP contribution is 2.28. The molecule has 1 atom stereocenters. The van der Waals surface area contributed by atoms with Gasteiger partial charge in [0.25, 0.3) is 0 Å². The second kappa shape index (κ2) is 6.76. The molecule has 0 spiro atoms. The number of halogens is 4. The van der Waals surface area contributed by atoms with Crippen molar-refractivity contribution in [3.63, 3.8) is 0 Å². The molecule has 0 fully saturated rings. The lowest BCUT2D eigenvalue weighted by molar-refractivity contribution is 0.276. The number of benzene rings is 2. The van der Waals surface area contributed by atoms with Crippen molar-refractivity contribution < 1.29 is 9.50 Å². The molecule has 2 rings (SSSR count). The SMILES string of the molecule is OCC(Nc1ccc(Cl)c(Br)c1)c1ccc(Cl)c(F)c1. The third kappa shape index (κ3) is 3.64. The number of aliphatic hydroxyl groups is 1. The fourth-order valence-electron chi connectivity index (χ4n) is 1.75. The number of nitrogens with one attached hydrogen (secondary N) is 1. The Hall–Kier alpha value is -0.810. The van der Waals surface area contributed by atoms with E-state index < -0.39 is 11.9 Å². The van der Waals surface area contributed by atoms with Gasteiger partial charge in [-0.25, -0.2) is 4.39 Å². The van der Waals surface area contributed by atoms with Gasteiger partial charge in [0.05, 0.1) is 22.7 Å². The molecular weight excluding hydrogens is 368 g/mol. The fraction of sp³-hybridized carbons (Fsp3) is 0.143. The van der Waals surface area contributed by atoms with E-state index in [1.807, 2.05) is 0 Å². The molecule has 2 N–H and O–H groups in total. The van der Waals surface area contributed by atoms with Crippen LogP contribution >= 0.6 is 39.1 Å². The van der Waals surface area contributed by atoms with Crippen LogP contribution in [-0.4, -0.2) is 11.7 Å². The number of rotatable bonds is 4. The van der Waals surface area contributed by atoms with Crippen LogP contribution in [0.2, 0.25) is 10.0 Å². The summed E-state index contributed by atoms with van der Waals surface area (Å²) in [4.78, 5) is 0. The molecule has 6 heteroatoms. The molecule has 0 aliphatic rings. The van der Waals surface area contributed by atoms with Crippen LogP contribution in [0.3, 0.4) is 0 Å². The van der Waals surface area contributed by atoms with Crippen molar-refractivity contribution in [3.05, 3.63) is 62.3 Å². The number of hydrogen-bond donors (Lipinski definition) is 2. The minimum atomic E-state index is -0.512. The van der Waals surface area contributed by atoms with Crippen molar-refractivity contribution in [3.8, 4) is 0 Å². The summed E-state index contributed by atoms with van der Waals surface area (Å²) in [6.07, 6.45) is 0. The van der Waals surface area contributed by atoms with Crippen LogP contribution in [0.15, 0.2) is 40.9 Å². The Morgan fingerprint density at radius 3 is 2.45 bits per heavy atom. The predicted octanol–water partition coefficient (Wildman–Crippen LogP) is 5.04. The number of hydrogen-bond acceptors (Lipinski definition) is 2. The van der Waals surface area contributed by atoms with E-state index in [0.29, 0.717) is 10.6 Å². The fourth-order valence-corrected chi connectivity index (χ4v) is 2.36. The van der Waals surface area contributed by atoms with E-state index in [1.54, 1.807) is 24.3 Å². The van der Waals surface area contributed by atoms with Crippen LogP contribution in [0.4, 0.5) is 10.1 Å². The van der Waals surface area contributed by atoms with Gasteiger partial charge in [-0.2, -0.15) is 0 Å². The summed E-state index contributed by atoms with van der Waals surface area (Å²) in [7, 11) is 0. The van der Waals surface area contributed by atoms with Crippen molar-refractivity contribution in [1.82, 2.24) is 0 Å². The Bertz CT molecular complexity index is 624. The second-order valence-electron chi connectivity index (χ2n) is 4.18. The molecule has 20 heavy (non-hydrogen) atoms. The Balaban J connectivity index is 2.23. The van der Waals surface area contributed by atoms with Crippen LogP contribution in [0.5, 0.6) is 0 Å². The molecule has 0 aliphatic carbocycles. The third-order valence-corrected chi connectivity index (χ3v) is 4.31. The Kier molecular flexibility index (Phi) is 5.27. The van der Waals surface area contributed by atoms with Gasteiger partial charge in [0.2, 0.25) is 0 Å². The zero-order valence-electron chi connectivity index (χ0n) is 10.2. The number of aliphatic hydroxyl groups excluding tert-OH is 1. The minimum absolute atomic E-state index is 0.0553. The summed E-state index contributed by atoms with van der Waals surface area (Å²) >= 11 is 14.9. The lowest BCUT2D eigenvalue weighted by Crippen LogP contribution is -2.15. The first-order valence-electron chi connectivity index (χ1n) is 5.78. The van der Waals surface area contributed by atoms with Gasteiger partial charge in [-0.1, -0.05) is 29.3 Å². The highest BCUT2D eigenvalue weighted by atomic mass is 79.9. The standard InChI is InChI=1S/C14H11BrCl2FNO/c15-10-6-9(2-4-11(10)16)19-14(7-20)8-1-3-12(17)13(18)5-8/h1-6,14,19-20H,7H2. The molecule has 2 aromatic rings. The molecule has 106 valence electrons. The van der Waals surface area contributed by atoms with E-state index in [9.17, 15) is 9.50 Å². The van der Waals surface area contributed by atoms with Crippen LogP contribution in [0.1, 0.15) is 11.6 Å². The molecule has 0 bridgehead atoms. The highest BCUT2D eigenvalue weighted by molar-refractivity contribution is 9.10. The van der Waals surface area contributed by atoms with E-state index in [0.717, 1.165) is 10.2 Å². The van der Waals surface area contributed by atoms with Gasteiger partial charge in [-0.3, -0.25) is 0 Å². The molecule has 0 saturated carbocycles. The molecule has 1 unspecified atom stereocenters. The summed E-state index contributed by atoms with van der Waals surface area (Å²) in [5.41, 5.74) is 1.37. The van der Waals surface area contributed by atoms with Crippen molar-refractivity contribution >= 4 is 44.8 Å².